The maximum Gasteiger partial charge on any atom is -0.0147 e. The van der Waals surface area contributed by atoms with Crippen molar-refractivity contribution in [2.45, 2.75) is 34.1 Å². The van der Waals surface area contributed by atoms with E-state index in [0.29, 0.717) is 0 Å². The van der Waals surface area contributed by atoms with Gasteiger partial charge in [-0.3, -0.25) is 0 Å². The minimum absolute atomic E-state index is 1.09. The number of benzene rings is 2. The summed E-state index contributed by atoms with van der Waals surface area (Å²) in [6, 6.07) is 13.0. The molecule has 0 atom stereocenters. The molecule has 0 saturated carbocycles. The summed E-state index contributed by atoms with van der Waals surface area (Å²) in [5, 5.41) is 0. The van der Waals surface area contributed by atoms with Crippen LogP contribution in [0.2, 0.25) is 0 Å². The summed E-state index contributed by atoms with van der Waals surface area (Å²) in [5.74, 6) is 0. The lowest BCUT2D eigenvalue weighted by Crippen LogP contribution is -1.97. The van der Waals surface area contributed by atoms with Crippen molar-refractivity contribution in [2.24, 2.45) is 0 Å². The molecule has 17 heavy (non-hydrogen) atoms. The molecule has 0 radical (unpaired) electrons. The zero-order valence-corrected chi connectivity index (χ0v) is 11.2. The van der Waals surface area contributed by atoms with E-state index in [4.69, 9.17) is 0 Å². The lowest BCUT2D eigenvalue weighted by Gasteiger charge is -2.16. The average molecular weight is 224 g/mol. The van der Waals surface area contributed by atoms with Gasteiger partial charge in [-0.15, -0.1) is 0 Å². The molecule has 2 rings (SSSR count). The molecule has 0 aliphatic rings. The van der Waals surface area contributed by atoms with E-state index in [1.54, 1.807) is 0 Å². The van der Waals surface area contributed by atoms with Crippen LogP contribution in [0.25, 0.3) is 11.1 Å². The van der Waals surface area contributed by atoms with Gasteiger partial charge < -0.3 is 0 Å². The highest BCUT2D eigenvalue weighted by Gasteiger charge is 2.10. The molecule has 0 saturated heterocycles. The van der Waals surface area contributed by atoms with Gasteiger partial charge in [0.1, 0.15) is 0 Å². The standard InChI is InChI=1S/C17H20/c1-5-16-14(4)13(3)12(2)11-17(16)15-9-7-6-8-10-15/h6-11H,5H2,1-4H3. The highest BCUT2D eigenvalue weighted by atomic mass is 14.1. The molecule has 0 aliphatic heterocycles. The van der Waals surface area contributed by atoms with Gasteiger partial charge in [0.2, 0.25) is 0 Å². The molecule has 0 aromatic heterocycles. The predicted octanol–water partition coefficient (Wildman–Crippen LogP) is 4.84. The summed E-state index contributed by atoms with van der Waals surface area (Å²) in [4.78, 5) is 0. The van der Waals surface area contributed by atoms with Crippen molar-refractivity contribution < 1.29 is 0 Å². The Kier molecular flexibility index (Phi) is 3.33. The summed E-state index contributed by atoms with van der Waals surface area (Å²) < 4.78 is 0. The van der Waals surface area contributed by atoms with E-state index in [9.17, 15) is 0 Å². The molecule has 2 aromatic carbocycles. The van der Waals surface area contributed by atoms with Gasteiger partial charge in [-0.2, -0.15) is 0 Å². The second kappa shape index (κ2) is 4.75. The van der Waals surface area contributed by atoms with Gasteiger partial charge in [0.15, 0.2) is 0 Å². The summed E-state index contributed by atoms with van der Waals surface area (Å²) in [6.45, 7) is 8.91. The third-order valence-electron chi connectivity index (χ3n) is 3.73. The molecule has 0 nitrogen and oxygen atoms in total. The Hall–Kier alpha value is -1.56. The number of aryl methyl sites for hydroxylation is 1. The van der Waals surface area contributed by atoms with Crippen LogP contribution in [0.1, 0.15) is 29.2 Å². The summed E-state index contributed by atoms with van der Waals surface area (Å²) in [5.41, 5.74) is 8.48. The molecule has 0 heterocycles. The normalized spacial score (nSPS) is 10.6. The Morgan fingerprint density at radius 2 is 1.53 bits per heavy atom. The molecule has 0 unspecified atom stereocenters. The van der Waals surface area contributed by atoms with Crippen molar-refractivity contribution in [1.82, 2.24) is 0 Å². The fourth-order valence-corrected chi connectivity index (χ4v) is 2.47. The zero-order chi connectivity index (χ0) is 12.4. The number of hydrogen-bond donors (Lipinski definition) is 0. The van der Waals surface area contributed by atoms with Gasteiger partial charge in [-0.25, -0.2) is 0 Å². The van der Waals surface area contributed by atoms with E-state index in [2.05, 4.69) is 64.1 Å². The Morgan fingerprint density at radius 3 is 2.12 bits per heavy atom. The monoisotopic (exact) mass is 224 g/mol. The van der Waals surface area contributed by atoms with E-state index in [1.165, 1.54) is 33.4 Å². The van der Waals surface area contributed by atoms with Gasteiger partial charge in [0, 0.05) is 0 Å². The quantitative estimate of drug-likeness (QED) is 0.684. The SMILES string of the molecule is CCc1c(-c2ccccc2)cc(C)c(C)c1C. The minimum atomic E-state index is 1.09. The molecule has 88 valence electrons. The first-order valence-corrected chi connectivity index (χ1v) is 6.30. The van der Waals surface area contributed by atoms with Crippen LogP contribution in [0.5, 0.6) is 0 Å². The Morgan fingerprint density at radius 1 is 0.882 bits per heavy atom. The number of rotatable bonds is 2. The van der Waals surface area contributed by atoms with Crippen LogP contribution in [0.4, 0.5) is 0 Å². The zero-order valence-electron chi connectivity index (χ0n) is 11.2. The molecule has 0 fully saturated rings. The van der Waals surface area contributed by atoms with Crippen molar-refractivity contribution in [1.29, 1.82) is 0 Å². The first-order valence-electron chi connectivity index (χ1n) is 6.30. The maximum atomic E-state index is 2.33. The predicted molar refractivity (Wildman–Crippen MR) is 75.5 cm³/mol. The Labute approximate surface area is 104 Å². The molecular weight excluding hydrogens is 204 g/mol. The summed E-state index contributed by atoms with van der Waals surface area (Å²) in [7, 11) is 0. The molecule has 0 heteroatoms. The van der Waals surface area contributed by atoms with Crippen LogP contribution in [0.15, 0.2) is 36.4 Å². The topological polar surface area (TPSA) is 0 Å². The molecular formula is C17H20. The van der Waals surface area contributed by atoms with Crippen molar-refractivity contribution in [3.63, 3.8) is 0 Å². The molecule has 0 amide bonds. The van der Waals surface area contributed by atoms with E-state index < -0.39 is 0 Å². The van der Waals surface area contributed by atoms with Crippen molar-refractivity contribution in [3.8, 4) is 11.1 Å². The van der Waals surface area contributed by atoms with Crippen molar-refractivity contribution in [2.75, 3.05) is 0 Å². The number of hydrogen-bond acceptors (Lipinski definition) is 0. The summed E-state index contributed by atoms with van der Waals surface area (Å²) >= 11 is 0. The largest absolute Gasteiger partial charge is 0.0622 e. The van der Waals surface area contributed by atoms with E-state index in [1.807, 2.05) is 0 Å². The fourth-order valence-electron chi connectivity index (χ4n) is 2.47. The van der Waals surface area contributed by atoms with Gasteiger partial charge in [-0.1, -0.05) is 43.3 Å². The molecule has 0 bridgehead atoms. The first-order chi connectivity index (χ1) is 8.15. The van der Waals surface area contributed by atoms with Crippen LogP contribution in [0.3, 0.4) is 0 Å². The molecule has 0 N–H and O–H groups in total. The molecule has 0 aliphatic carbocycles. The van der Waals surface area contributed by atoms with E-state index >= 15 is 0 Å². The van der Waals surface area contributed by atoms with Crippen LogP contribution in [-0.4, -0.2) is 0 Å². The minimum Gasteiger partial charge on any atom is -0.0622 e. The second-order valence-corrected chi connectivity index (χ2v) is 4.69. The van der Waals surface area contributed by atoms with Gasteiger partial charge in [0.25, 0.3) is 0 Å². The van der Waals surface area contributed by atoms with Crippen molar-refractivity contribution >= 4 is 0 Å². The third-order valence-corrected chi connectivity index (χ3v) is 3.73. The maximum absolute atomic E-state index is 2.33. The fraction of sp³-hybridized carbons (Fsp3) is 0.294. The smallest absolute Gasteiger partial charge is 0.0147 e. The van der Waals surface area contributed by atoms with Crippen LogP contribution in [-0.2, 0) is 6.42 Å². The van der Waals surface area contributed by atoms with Crippen LogP contribution < -0.4 is 0 Å². The average Bonchev–Trinajstić information content (AvgIpc) is 2.36. The Balaban J connectivity index is 2.70. The van der Waals surface area contributed by atoms with E-state index in [0.717, 1.165) is 6.42 Å². The van der Waals surface area contributed by atoms with Crippen molar-refractivity contribution in [3.05, 3.63) is 58.7 Å². The second-order valence-electron chi connectivity index (χ2n) is 4.69. The Bertz CT molecular complexity index is 521. The van der Waals surface area contributed by atoms with Crippen LogP contribution in [0, 0.1) is 20.8 Å². The van der Waals surface area contributed by atoms with Gasteiger partial charge in [-0.05, 0) is 60.6 Å². The molecule has 2 aromatic rings. The third kappa shape index (κ3) is 2.12. The molecule has 0 spiro atoms. The lowest BCUT2D eigenvalue weighted by molar-refractivity contribution is 1.09. The van der Waals surface area contributed by atoms with Gasteiger partial charge in [0.05, 0.1) is 0 Å². The van der Waals surface area contributed by atoms with Gasteiger partial charge >= 0.3 is 0 Å². The summed E-state index contributed by atoms with van der Waals surface area (Å²) in [6.07, 6.45) is 1.09. The van der Waals surface area contributed by atoms with E-state index in [-0.39, 0.29) is 0 Å². The lowest BCUT2D eigenvalue weighted by atomic mass is 9.89. The first kappa shape index (κ1) is 11.9. The highest BCUT2D eigenvalue weighted by molar-refractivity contribution is 5.70. The highest BCUT2D eigenvalue weighted by Crippen LogP contribution is 2.30. The van der Waals surface area contributed by atoms with Crippen LogP contribution >= 0.6 is 0 Å².